The summed E-state index contributed by atoms with van der Waals surface area (Å²) in [6, 6.07) is 20.6. The van der Waals surface area contributed by atoms with E-state index in [-0.39, 0.29) is 11.5 Å². The summed E-state index contributed by atoms with van der Waals surface area (Å²) < 4.78 is 0. The molecule has 1 amide bonds. The fourth-order valence-corrected chi connectivity index (χ4v) is 2.87. The Kier molecular flexibility index (Phi) is 4.85. The van der Waals surface area contributed by atoms with Crippen molar-refractivity contribution in [2.24, 2.45) is 0 Å². The lowest BCUT2D eigenvalue weighted by Gasteiger charge is -2.18. The monoisotopic (exact) mass is 345 g/mol. The van der Waals surface area contributed by atoms with Crippen molar-refractivity contribution in [3.05, 3.63) is 83.9 Å². The first kappa shape index (κ1) is 17.4. The van der Waals surface area contributed by atoms with Crippen molar-refractivity contribution in [1.29, 1.82) is 0 Å². The Bertz CT molecular complexity index is 1020. The zero-order valence-electron chi connectivity index (χ0n) is 14.6. The maximum Gasteiger partial charge on any atom is 0.337 e. The molecule has 0 bridgehead atoms. The fourth-order valence-electron chi connectivity index (χ4n) is 2.87. The Labute approximate surface area is 152 Å². The van der Waals surface area contributed by atoms with Crippen LogP contribution in [0.15, 0.2) is 72.8 Å². The fraction of sp³-hybridized carbons (Fsp3) is 0.0909. The topological polar surface area (TPSA) is 57.6 Å². The van der Waals surface area contributed by atoms with Crippen LogP contribution in [0.5, 0.6) is 0 Å². The van der Waals surface area contributed by atoms with E-state index in [9.17, 15) is 14.7 Å². The van der Waals surface area contributed by atoms with Crippen molar-refractivity contribution in [3.8, 4) is 0 Å². The molecule has 0 saturated heterocycles. The number of carboxylic acids is 1. The molecular weight excluding hydrogens is 326 g/mol. The second-order valence-electron chi connectivity index (χ2n) is 6.11. The van der Waals surface area contributed by atoms with Gasteiger partial charge >= 0.3 is 5.97 Å². The molecule has 0 aromatic heterocycles. The van der Waals surface area contributed by atoms with E-state index >= 15 is 0 Å². The molecule has 3 aromatic rings. The highest BCUT2D eigenvalue weighted by Gasteiger charge is 2.16. The van der Waals surface area contributed by atoms with Gasteiger partial charge in [0.1, 0.15) is 0 Å². The minimum absolute atomic E-state index is 0.0973. The standard InChI is InChI=1S/C22H19NO3/c1-15(17-12-11-16-7-3-4-8-18(16)14-17)13-21(24)23(2)20-10-6-5-9-19(20)22(25)26/h3-14H,1-2H3,(H,25,26)/b15-13-. The van der Waals surface area contributed by atoms with Crippen LogP contribution in [0.4, 0.5) is 5.69 Å². The second-order valence-corrected chi connectivity index (χ2v) is 6.11. The van der Waals surface area contributed by atoms with Crippen molar-refractivity contribution < 1.29 is 14.7 Å². The van der Waals surface area contributed by atoms with Gasteiger partial charge in [0, 0.05) is 13.1 Å². The number of aromatic carboxylic acids is 1. The zero-order chi connectivity index (χ0) is 18.7. The van der Waals surface area contributed by atoms with Crippen molar-refractivity contribution in [2.75, 3.05) is 11.9 Å². The van der Waals surface area contributed by atoms with Crippen molar-refractivity contribution >= 4 is 33.9 Å². The van der Waals surface area contributed by atoms with Crippen LogP contribution >= 0.6 is 0 Å². The van der Waals surface area contributed by atoms with Crippen LogP contribution in [0.2, 0.25) is 0 Å². The molecule has 0 fully saturated rings. The number of para-hydroxylation sites is 1. The lowest BCUT2D eigenvalue weighted by molar-refractivity contribution is -0.113. The first-order valence-corrected chi connectivity index (χ1v) is 8.25. The van der Waals surface area contributed by atoms with E-state index < -0.39 is 5.97 Å². The minimum Gasteiger partial charge on any atom is -0.478 e. The number of rotatable bonds is 4. The summed E-state index contributed by atoms with van der Waals surface area (Å²) in [7, 11) is 1.58. The molecule has 130 valence electrons. The maximum absolute atomic E-state index is 12.6. The number of benzene rings is 3. The van der Waals surface area contributed by atoms with Crippen LogP contribution in [0, 0.1) is 0 Å². The minimum atomic E-state index is -1.06. The highest BCUT2D eigenvalue weighted by Crippen LogP contribution is 2.23. The van der Waals surface area contributed by atoms with E-state index in [0.29, 0.717) is 5.69 Å². The third-order valence-electron chi connectivity index (χ3n) is 4.37. The van der Waals surface area contributed by atoms with Crippen LogP contribution < -0.4 is 4.90 Å². The molecule has 0 aliphatic rings. The van der Waals surface area contributed by atoms with Crippen LogP contribution in [-0.4, -0.2) is 24.0 Å². The molecule has 0 aliphatic heterocycles. The van der Waals surface area contributed by atoms with E-state index in [1.54, 1.807) is 25.2 Å². The first-order chi connectivity index (χ1) is 12.5. The van der Waals surface area contributed by atoms with Gasteiger partial charge < -0.3 is 10.0 Å². The SMILES string of the molecule is C/C(=C/C(=O)N(C)c1ccccc1C(=O)O)c1ccc2ccccc2c1. The van der Waals surface area contributed by atoms with E-state index in [1.165, 1.54) is 17.0 Å². The normalized spacial score (nSPS) is 11.4. The average molecular weight is 345 g/mol. The molecule has 1 N–H and O–H groups in total. The molecule has 0 heterocycles. The van der Waals surface area contributed by atoms with Gasteiger partial charge in [-0.05, 0) is 47.0 Å². The largest absolute Gasteiger partial charge is 0.478 e. The Balaban J connectivity index is 1.90. The second kappa shape index (κ2) is 7.23. The third kappa shape index (κ3) is 3.49. The summed E-state index contributed by atoms with van der Waals surface area (Å²) in [5, 5.41) is 11.6. The maximum atomic E-state index is 12.6. The smallest absolute Gasteiger partial charge is 0.337 e. The van der Waals surface area contributed by atoms with Crippen LogP contribution in [0.25, 0.3) is 16.3 Å². The Morgan fingerprint density at radius 3 is 2.31 bits per heavy atom. The van der Waals surface area contributed by atoms with E-state index in [0.717, 1.165) is 21.9 Å². The zero-order valence-corrected chi connectivity index (χ0v) is 14.6. The summed E-state index contributed by atoms with van der Waals surface area (Å²) in [6.45, 7) is 1.87. The summed E-state index contributed by atoms with van der Waals surface area (Å²) in [5.41, 5.74) is 2.24. The summed E-state index contributed by atoms with van der Waals surface area (Å²) in [4.78, 5) is 25.3. The quantitative estimate of drug-likeness (QED) is 0.703. The number of amides is 1. The van der Waals surface area contributed by atoms with Crippen LogP contribution in [-0.2, 0) is 4.79 Å². The Hall–Kier alpha value is -3.40. The predicted molar refractivity (Wildman–Crippen MR) is 104 cm³/mol. The van der Waals surface area contributed by atoms with Gasteiger partial charge in [-0.3, -0.25) is 4.79 Å². The number of anilines is 1. The highest BCUT2D eigenvalue weighted by atomic mass is 16.4. The molecule has 3 rings (SSSR count). The van der Waals surface area contributed by atoms with Gasteiger partial charge in [0.2, 0.25) is 0 Å². The summed E-state index contributed by atoms with van der Waals surface area (Å²) >= 11 is 0. The Morgan fingerprint density at radius 1 is 0.923 bits per heavy atom. The number of likely N-dealkylation sites (N-methyl/N-ethyl adjacent to an activating group) is 1. The molecule has 3 aromatic carbocycles. The Morgan fingerprint density at radius 2 is 1.58 bits per heavy atom. The van der Waals surface area contributed by atoms with Gasteiger partial charge in [-0.2, -0.15) is 0 Å². The number of hydrogen-bond donors (Lipinski definition) is 1. The van der Waals surface area contributed by atoms with Gasteiger partial charge in [0.25, 0.3) is 5.91 Å². The molecule has 4 heteroatoms. The molecule has 0 atom stereocenters. The van der Waals surface area contributed by atoms with Gasteiger partial charge in [0.05, 0.1) is 11.3 Å². The van der Waals surface area contributed by atoms with Gasteiger partial charge in [-0.1, -0.05) is 48.5 Å². The lowest BCUT2D eigenvalue weighted by atomic mass is 10.0. The first-order valence-electron chi connectivity index (χ1n) is 8.25. The van der Waals surface area contributed by atoms with Crippen molar-refractivity contribution in [1.82, 2.24) is 0 Å². The van der Waals surface area contributed by atoms with Crippen LogP contribution in [0.3, 0.4) is 0 Å². The van der Waals surface area contributed by atoms with Gasteiger partial charge in [-0.15, -0.1) is 0 Å². The number of hydrogen-bond acceptors (Lipinski definition) is 2. The third-order valence-corrected chi connectivity index (χ3v) is 4.37. The molecule has 26 heavy (non-hydrogen) atoms. The van der Waals surface area contributed by atoms with E-state index in [1.807, 2.05) is 49.4 Å². The summed E-state index contributed by atoms with van der Waals surface area (Å²) in [6.07, 6.45) is 1.53. The molecule has 0 spiro atoms. The molecule has 4 nitrogen and oxygen atoms in total. The molecule has 0 radical (unpaired) electrons. The molecule has 0 unspecified atom stereocenters. The lowest BCUT2D eigenvalue weighted by Crippen LogP contribution is -2.26. The number of carbonyl (C=O) groups is 2. The number of fused-ring (bicyclic) bond motifs is 1. The number of allylic oxidation sites excluding steroid dienone is 1. The average Bonchev–Trinajstić information content (AvgIpc) is 2.66. The number of carboxylic acid groups (broad SMARTS) is 1. The molecular formula is C22H19NO3. The number of carbonyl (C=O) groups excluding carboxylic acids is 1. The predicted octanol–water partition coefficient (Wildman–Crippen LogP) is 4.60. The van der Waals surface area contributed by atoms with Crippen LogP contribution in [0.1, 0.15) is 22.8 Å². The number of nitrogens with zero attached hydrogens (tertiary/aromatic N) is 1. The molecule has 0 aliphatic carbocycles. The van der Waals surface area contributed by atoms with Crippen molar-refractivity contribution in [3.63, 3.8) is 0 Å². The summed E-state index contributed by atoms with van der Waals surface area (Å²) in [5.74, 6) is -1.33. The van der Waals surface area contributed by atoms with E-state index in [4.69, 9.17) is 0 Å². The van der Waals surface area contributed by atoms with Gasteiger partial charge in [-0.25, -0.2) is 4.79 Å². The van der Waals surface area contributed by atoms with Crippen molar-refractivity contribution in [2.45, 2.75) is 6.92 Å². The molecule has 0 saturated carbocycles. The highest BCUT2D eigenvalue weighted by molar-refractivity contribution is 6.08. The van der Waals surface area contributed by atoms with E-state index in [2.05, 4.69) is 0 Å². The van der Waals surface area contributed by atoms with Gasteiger partial charge in [0.15, 0.2) is 0 Å².